The Morgan fingerprint density at radius 2 is 2.20 bits per heavy atom. The first kappa shape index (κ1) is 15.5. The van der Waals surface area contributed by atoms with Crippen molar-refractivity contribution >= 4 is 27.5 Å². The molecule has 3 aromatic rings. The molecule has 1 saturated heterocycles. The molecule has 0 spiro atoms. The molecule has 0 radical (unpaired) electrons. The summed E-state index contributed by atoms with van der Waals surface area (Å²) in [6.07, 6.45) is 3.43. The standard InChI is InChI=1S/C17H13N5O2S/c18-8-14-16(20-5-4-19-14)24-12-3-6-22(9-12)17(23)11-1-2-13-15(7-11)25-10-21-13/h1-2,4-5,7,10,12H,3,6,9H2. The number of rotatable bonds is 3. The topological polar surface area (TPSA) is 92.0 Å². The SMILES string of the molecule is N#Cc1nccnc1OC1CCN(C(=O)c2ccc3ncsc3c2)C1. The van der Waals surface area contributed by atoms with Crippen LogP contribution in [-0.4, -0.2) is 45.0 Å². The van der Waals surface area contributed by atoms with E-state index in [4.69, 9.17) is 10.00 Å². The minimum Gasteiger partial charge on any atom is -0.470 e. The lowest BCUT2D eigenvalue weighted by molar-refractivity contribution is 0.0771. The molecule has 1 aromatic carbocycles. The first-order chi connectivity index (χ1) is 12.2. The van der Waals surface area contributed by atoms with Crippen molar-refractivity contribution in [2.75, 3.05) is 13.1 Å². The smallest absolute Gasteiger partial charge is 0.254 e. The summed E-state index contributed by atoms with van der Waals surface area (Å²) >= 11 is 1.52. The number of ether oxygens (including phenoxy) is 1. The average Bonchev–Trinajstić information content (AvgIpc) is 3.30. The highest BCUT2D eigenvalue weighted by molar-refractivity contribution is 7.16. The molecule has 1 aliphatic rings. The van der Waals surface area contributed by atoms with Crippen molar-refractivity contribution in [3.05, 3.63) is 47.4 Å². The molecule has 8 heteroatoms. The molecule has 1 aliphatic heterocycles. The van der Waals surface area contributed by atoms with E-state index < -0.39 is 0 Å². The van der Waals surface area contributed by atoms with Crippen LogP contribution in [0.5, 0.6) is 5.88 Å². The van der Waals surface area contributed by atoms with Crippen LogP contribution >= 0.6 is 11.3 Å². The van der Waals surface area contributed by atoms with Crippen molar-refractivity contribution in [3.63, 3.8) is 0 Å². The first-order valence-electron chi connectivity index (χ1n) is 7.75. The minimum atomic E-state index is -0.195. The Bertz CT molecular complexity index is 980. The predicted molar refractivity (Wildman–Crippen MR) is 91.3 cm³/mol. The van der Waals surface area contributed by atoms with Crippen molar-refractivity contribution in [3.8, 4) is 11.9 Å². The van der Waals surface area contributed by atoms with Gasteiger partial charge in [0.05, 0.1) is 22.3 Å². The van der Waals surface area contributed by atoms with E-state index in [9.17, 15) is 4.79 Å². The van der Waals surface area contributed by atoms with E-state index in [2.05, 4.69) is 15.0 Å². The van der Waals surface area contributed by atoms with Crippen molar-refractivity contribution in [1.82, 2.24) is 19.9 Å². The van der Waals surface area contributed by atoms with E-state index in [1.54, 1.807) is 16.5 Å². The van der Waals surface area contributed by atoms with E-state index in [1.807, 2.05) is 18.2 Å². The first-order valence-corrected chi connectivity index (χ1v) is 8.63. The summed E-state index contributed by atoms with van der Waals surface area (Å²) < 4.78 is 6.77. The quantitative estimate of drug-likeness (QED) is 0.719. The van der Waals surface area contributed by atoms with Gasteiger partial charge in [0.1, 0.15) is 12.2 Å². The van der Waals surface area contributed by atoms with Crippen LogP contribution in [0.15, 0.2) is 36.1 Å². The zero-order valence-corrected chi connectivity index (χ0v) is 13.9. The Morgan fingerprint density at radius 3 is 3.08 bits per heavy atom. The van der Waals surface area contributed by atoms with Crippen LogP contribution in [-0.2, 0) is 0 Å². The van der Waals surface area contributed by atoms with Crippen molar-refractivity contribution in [1.29, 1.82) is 5.26 Å². The van der Waals surface area contributed by atoms with E-state index in [1.165, 1.54) is 23.7 Å². The maximum atomic E-state index is 12.7. The molecule has 25 heavy (non-hydrogen) atoms. The Kier molecular flexibility index (Phi) is 3.99. The molecule has 124 valence electrons. The van der Waals surface area contributed by atoms with Crippen LogP contribution in [0.25, 0.3) is 10.2 Å². The second-order valence-corrected chi connectivity index (χ2v) is 6.52. The molecule has 0 bridgehead atoms. The summed E-state index contributed by atoms with van der Waals surface area (Å²) in [5.41, 5.74) is 3.47. The third-order valence-corrected chi connectivity index (χ3v) is 4.85. The van der Waals surface area contributed by atoms with Crippen LogP contribution < -0.4 is 4.74 Å². The number of carbonyl (C=O) groups is 1. The molecular weight excluding hydrogens is 338 g/mol. The number of nitrogens with zero attached hydrogens (tertiary/aromatic N) is 5. The van der Waals surface area contributed by atoms with Crippen LogP contribution in [0.2, 0.25) is 0 Å². The largest absolute Gasteiger partial charge is 0.470 e. The lowest BCUT2D eigenvalue weighted by Crippen LogP contribution is -2.31. The zero-order valence-electron chi connectivity index (χ0n) is 13.1. The number of hydrogen-bond acceptors (Lipinski definition) is 7. The molecule has 0 aliphatic carbocycles. The zero-order chi connectivity index (χ0) is 17.2. The fraction of sp³-hybridized carbons (Fsp3) is 0.235. The van der Waals surface area contributed by atoms with Gasteiger partial charge in [0.25, 0.3) is 11.8 Å². The molecular formula is C17H13N5O2S. The number of benzene rings is 1. The molecule has 1 unspecified atom stereocenters. The fourth-order valence-corrected chi connectivity index (χ4v) is 3.54. The summed E-state index contributed by atoms with van der Waals surface area (Å²) in [4.78, 5) is 26.7. The summed E-state index contributed by atoms with van der Waals surface area (Å²) in [5, 5.41) is 9.05. The fourth-order valence-electron chi connectivity index (χ4n) is 2.83. The van der Waals surface area contributed by atoms with E-state index in [0.29, 0.717) is 25.1 Å². The van der Waals surface area contributed by atoms with Gasteiger partial charge in [-0.05, 0) is 18.2 Å². The van der Waals surface area contributed by atoms with Gasteiger partial charge in [-0.3, -0.25) is 4.79 Å². The van der Waals surface area contributed by atoms with Gasteiger partial charge < -0.3 is 9.64 Å². The highest BCUT2D eigenvalue weighted by Crippen LogP contribution is 2.23. The number of nitriles is 1. The summed E-state index contributed by atoms with van der Waals surface area (Å²) in [6, 6.07) is 7.50. The lowest BCUT2D eigenvalue weighted by Gasteiger charge is -2.17. The lowest BCUT2D eigenvalue weighted by atomic mass is 10.2. The second kappa shape index (κ2) is 6.45. The number of hydrogen-bond donors (Lipinski definition) is 0. The third-order valence-electron chi connectivity index (χ3n) is 4.06. The molecule has 4 rings (SSSR count). The number of thiazole rings is 1. The Labute approximate surface area is 147 Å². The van der Waals surface area contributed by atoms with E-state index in [0.717, 1.165) is 10.2 Å². The van der Waals surface area contributed by atoms with Crippen molar-refractivity contribution < 1.29 is 9.53 Å². The summed E-state index contributed by atoms with van der Waals surface area (Å²) in [5.74, 6) is 0.191. The van der Waals surface area contributed by atoms with Gasteiger partial charge in [-0.1, -0.05) is 0 Å². The predicted octanol–water partition coefficient (Wildman–Crippen LogP) is 2.25. The van der Waals surface area contributed by atoms with Gasteiger partial charge in [0.15, 0.2) is 0 Å². The molecule has 3 heterocycles. The summed E-state index contributed by atoms with van der Waals surface area (Å²) in [6.45, 7) is 1.06. The molecule has 0 saturated carbocycles. The van der Waals surface area contributed by atoms with Gasteiger partial charge in [-0.15, -0.1) is 11.3 Å². The number of fused-ring (bicyclic) bond motifs is 1. The Hall–Kier alpha value is -3.05. The van der Waals surface area contributed by atoms with Gasteiger partial charge in [0, 0.05) is 30.9 Å². The number of aromatic nitrogens is 3. The average molecular weight is 351 g/mol. The van der Waals surface area contributed by atoms with Crippen LogP contribution in [0.4, 0.5) is 0 Å². The molecule has 1 atom stereocenters. The number of likely N-dealkylation sites (tertiary alicyclic amines) is 1. The van der Waals surface area contributed by atoms with Gasteiger partial charge in [-0.25, -0.2) is 15.0 Å². The maximum Gasteiger partial charge on any atom is 0.254 e. The van der Waals surface area contributed by atoms with Gasteiger partial charge >= 0.3 is 0 Å². The minimum absolute atomic E-state index is 0.0268. The van der Waals surface area contributed by atoms with Crippen molar-refractivity contribution in [2.24, 2.45) is 0 Å². The molecule has 2 aromatic heterocycles. The highest BCUT2D eigenvalue weighted by atomic mass is 32.1. The van der Waals surface area contributed by atoms with Gasteiger partial charge in [0.2, 0.25) is 5.69 Å². The van der Waals surface area contributed by atoms with Crippen LogP contribution in [0.1, 0.15) is 22.5 Å². The second-order valence-electron chi connectivity index (χ2n) is 5.64. The monoisotopic (exact) mass is 351 g/mol. The molecule has 1 fully saturated rings. The van der Waals surface area contributed by atoms with Gasteiger partial charge in [-0.2, -0.15) is 5.26 Å². The summed E-state index contributed by atoms with van der Waals surface area (Å²) in [7, 11) is 0. The molecule has 1 amide bonds. The van der Waals surface area contributed by atoms with E-state index >= 15 is 0 Å². The maximum absolute atomic E-state index is 12.7. The third kappa shape index (κ3) is 3.02. The normalized spacial score (nSPS) is 16.8. The highest BCUT2D eigenvalue weighted by Gasteiger charge is 2.29. The van der Waals surface area contributed by atoms with Crippen molar-refractivity contribution in [2.45, 2.75) is 12.5 Å². The molecule has 0 N–H and O–H groups in total. The number of amides is 1. The van der Waals surface area contributed by atoms with E-state index in [-0.39, 0.29) is 23.6 Å². The number of carbonyl (C=O) groups excluding carboxylic acids is 1. The Balaban J connectivity index is 1.46. The molecule has 7 nitrogen and oxygen atoms in total. The Morgan fingerprint density at radius 1 is 1.32 bits per heavy atom. The van der Waals surface area contributed by atoms with Crippen LogP contribution in [0.3, 0.4) is 0 Å². The van der Waals surface area contributed by atoms with Crippen LogP contribution in [0, 0.1) is 11.3 Å².